The lowest BCUT2D eigenvalue weighted by atomic mass is 9.81. The van der Waals surface area contributed by atoms with Gasteiger partial charge in [0.1, 0.15) is 5.83 Å². The van der Waals surface area contributed by atoms with Gasteiger partial charge < -0.3 is 25.2 Å². The predicted octanol–water partition coefficient (Wildman–Crippen LogP) is 3.57. The maximum Gasteiger partial charge on any atom is 0.278 e. The third-order valence-corrected chi connectivity index (χ3v) is 6.05. The molecule has 180 valence electrons. The minimum atomic E-state index is -3.78. The van der Waals surface area contributed by atoms with Crippen molar-refractivity contribution in [1.29, 1.82) is 0 Å². The lowest BCUT2D eigenvalue weighted by molar-refractivity contribution is -0.208. The van der Waals surface area contributed by atoms with Gasteiger partial charge in [-0.05, 0) is 29.9 Å². The molecule has 0 saturated heterocycles. The maximum atomic E-state index is 14.8. The molecule has 6 nitrogen and oxygen atoms in total. The normalized spacial score (nSPS) is 23.0. The number of carbonyl (C=O) groups is 1. The molecule has 1 aliphatic carbocycles. The Kier molecular flexibility index (Phi) is 7.11. The van der Waals surface area contributed by atoms with E-state index in [0.29, 0.717) is 6.92 Å². The highest BCUT2D eigenvalue weighted by Gasteiger charge is 2.56. The first kappa shape index (κ1) is 25.1. The van der Waals surface area contributed by atoms with E-state index in [1.54, 1.807) is 0 Å². The van der Waals surface area contributed by atoms with Gasteiger partial charge in [-0.3, -0.25) is 4.79 Å². The quantitative estimate of drug-likeness (QED) is 0.486. The first-order valence-corrected chi connectivity index (χ1v) is 10.3. The van der Waals surface area contributed by atoms with Crippen molar-refractivity contribution in [3.05, 3.63) is 64.4 Å². The number of hydrogen-bond acceptors (Lipinski definition) is 5. The van der Waals surface area contributed by atoms with Crippen molar-refractivity contribution in [3.8, 4) is 5.75 Å². The fraction of sp³-hybridized carbons (Fsp3) is 0.409. The van der Waals surface area contributed by atoms with E-state index in [9.17, 15) is 27.5 Å². The van der Waals surface area contributed by atoms with Crippen LogP contribution in [-0.2, 0) is 9.53 Å². The lowest BCUT2D eigenvalue weighted by Gasteiger charge is -2.43. The summed E-state index contributed by atoms with van der Waals surface area (Å²) in [7, 11) is 2.32. The SMILES string of the molecule is COC[C@@](O)([C@@H](NC1=CC(F)=CC2NC(=O)C=CC12)c1ccc(OC)c(F)c1Cl)C(C)(F)F. The van der Waals surface area contributed by atoms with E-state index in [1.165, 1.54) is 37.5 Å². The van der Waals surface area contributed by atoms with Gasteiger partial charge in [-0.2, -0.15) is 0 Å². The zero-order valence-electron chi connectivity index (χ0n) is 18.0. The first-order chi connectivity index (χ1) is 15.4. The molecule has 1 amide bonds. The molecule has 0 spiro atoms. The van der Waals surface area contributed by atoms with Gasteiger partial charge in [0.15, 0.2) is 17.2 Å². The van der Waals surface area contributed by atoms with Gasteiger partial charge in [0.2, 0.25) is 5.91 Å². The van der Waals surface area contributed by atoms with Crippen LogP contribution < -0.4 is 15.4 Å². The summed E-state index contributed by atoms with van der Waals surface area (Å²) in [6, 6.07) is -0.156. The van der Waals surface area contributed by atoms with E-state index in [0.717, 1.165) is 13.2 Å². The van der Waals surface area contributed by atoms with Gasteiger partial charge in [-0.15, -0.1) is 0 Å². The zero-order chi connectivity index (χ0) is 24.6. The van der Waals surface area contributed by atoms with Crippen LogP contribution in [0.4, 0.5) is 17.6 Å². The molecule has 2 aliphatic rings. The van der Waals surface area contributed by atoms with E-state index in [2.05, 4.69) is 10.6 Å². The van der Waals surface area contributed by atoms with E-state index in [-0.39, 0.29) is 17.0 Å². The van der Waals surface area contributed by atoms with Gasteiger partial charge in [0, 0.05) is 25.6 Å². The molecule has 33 heavy (non-hydrogen) atoms. The molecule has 1 aromatic carbocycles. The first-order valence-electron chi connectivity index (χ1n) is 9.88. The van der Waals surface area contributed by atoms with Crippen molar-refractivity contribution in [2.24, 2.45) is 5.92 Å². The Labute approximate surface area is 192 Å². The molecule has 0 bridgehead atoms. The van der Waals surface area contributed by atoms with Gasteiger partial charge in [0.25, 0.3) is 5.92 Å². The average Bonchev–Trinajstić information content (AvgIpc) is 2.73. The summed E-state index contributed by atoms with van der Waals surface area (Å²) in [6.07, 6.45) is 4.91. The fourth-order valence-electron chi connectivity index (χ4n) is 3.89. The summed E-state index contributed by atoms with van der Waals surface area (Å²) in [5.41, 5.74) is -3.11. The van der Waals surface area contributed by atoms with E-state index >= 15 is 0 Å². The number of nitrogens with one attached hydrogen (secondary N) is 2. The lowest BCUT2D eigenvalue weighted by Crippen LogP contribution is -2.59. The molecule has 4 atom stereocenters. The van der Waals surface area contributed by atoms with Crippen molar-refractivity contribution < 1.29 is 36.9 Å². The molecule has 3 N–H and O–H groups in total. The molecule has 2 unspecified atom stereocenters. The van der Waals surface area contributed by atoms with E-state index in [4.69, 9.17) is 21.1 Å². The molecule has 3 rings (SSSR count). The number of amides is 1. The summed E-state index contributed by atoms with van der Waals surface area (Å²) in [6.45, 7) is -0.391. The van der Waals surface area contributed by atoms with Crippen molar-refractivity contribution >= 4 is 17.5 Å². The highest BCUT2D eigenvalue weighted by molar-refractivity contribution is 6.31. The second-order valence-corrected chi connectivity index (χ2v) is 8.26. The molecule has 1 heterocycles. The van der Waals surface area contributed by atoms with Crippen LogP contribution >= 0.6 is 11.6 Å². The third kappa shape index (κ3) is 4.73. The standard InChI is InChI=1S/C22H23ClF4N2O4/c1-21(26,27)22(31,10-32-2)20(13-4-6-16(33-3)19(25)18(13)23)29-15-9-11(24)8-14-12(15)5-7-17(30)28-14/h4-9,12,14,20,29,31H,10H2,1-3H3,(H,28,30)/t12?,14?,20-,22+/m0/s1. The second kappa shape index (κ2) is 9.36. The highest BCUT2D eigenvalue weighted by Crippen LogP contribution is 2.44. The Hall–Kier alpha value is -2.56. The monoisotopic (exact) mass is 490 g/mol. The Bertz CT molecular complexity index is 1020. The molecular formula is C22H23ClF4N2O4. The number of carbonyl (C=O) groups excluding carboxylic acids is 1. The number of rotatable bonds is 8. The third-order valence-electron chi connectivity index (χ3n) is 5.66. The maximum absolute atomic E-state index is 14.8. The molecule has 0 saturated carbocycles. The van der Waals surface area contributed by atoms with Crippen molar-refractivity contribution in [2.45, 2.75) is 30.5 Å². The predicted molar refractivity (Wildman–Crippen MR) is 113 cm³/mol. The molecule has 1 aromatic rings. The number of allylic oxidation sites excluding steroid dienone is 2. The molecule has 0 aromatic heterocycles. The Balaban J connectivity index is 2.16. The Morgan fingerprint density at radius 2 is 2.00 bits per heavy atom. The Morgan fingerprint density at radius 1 is 1.30 bits per heavy atom. The molecule has 1 aliphatic heterocycles. The molecular weight excluding hydrogens is 468 g/mol. The van der Waals surface area contributed by atoms with Gasteiger partial charge >= 0.3 is 0 Å². The minimum Gasteiger partial charge on any atom is -0.494 e. The van der Waals surface area contributed by atoms with Crippen LogP contribution in [0.3, 0.4) is 0 Å². The molecule has 11 heteroatoms. The van der Waals surface area contributed by atoms with E-state index < -0.39 is 58.7 Å². The summed E-state index contributed by atoms with van der Waals surface area (Å²) < 4.78 is 68.4. The summed E-state index contributed by atoms with van der Waals surface area (Å²) in [4.78, 5) is 11.7. The van der Waals surface area contributed by atoms with E-state index in [1.807, 2.05) is 0 Å². The van der Waals surface area contributed by atoms with Crippen molar-refractivity contribution in [1.82, 2.24) is 10.6 Å². The van der Waals surface area contributed by atoms with Crippen LogP contribution in [0, 0.1) is 11.7 Å². The second-order valence-electron chi connectivity index (χ2n) is 7.88. The van der Waals surface area contributed by atoms with Crippen LogP contribution in [0.5, 0.6) is 5.75 Å². The van der Waals surface area contributed by atoms with Crippen LogP contribution in [0.15, 0.2) is 48.0 Å². The van der Waals surface area contributed by atoms with Gasteiger partial charge in [-0.1, -0.05) is 23.7 Å². The number of fused-ring (bicyclic) bond motifs is 1. The Morgan fingerprint density at radius 3 is 2.61 bits per heavy atom. The van der Waals surface area contributed by atoms with Crippen LogP contribution in [-0.4, -0.2) is 49.4 Å². The number of methoxy groups -OCH3 is 2. The van der Waals surface area contributed by atoms with Crippen molar-refractivity contribution in [2.75, 3.05) is 20.8 Å². The molecule has 0 radical (unpaired) electrons. The number of alkyl halides is 2. The van der Waals surface area contributed by atoms with Gasteiger partial charge in [0.05, 0.1) is 30.8 Å². The van der Waals surface area contributed by atoms with Crippen LogP contribution in [0.2, 0.25) is 5.02 Å². The van der Waals surface area contributed by atoms with Crippen LogP contribution in [0.25, 0.3) is 0 Å². The number of ether oxygens (including phenoxy) is 2. The van der Waals surface area contributed by atoms with Crippen LogP contribution in [0.1, 0.15) is 18.5 Å². The number of aliphatic hydroxyl groups is 1. The highest BCUT2D eigenvalue weighted by atomic mass is 35.5. The average molecular weight is 491 g/mol. The van der Waals surface area contributed by atoms with Crippen molar-refractivity contribution in [3.63, 3.8) is 0 Å². The fourth-order valence-corrected chi connectivity index (χ4v) is 4.15. The van der Waals surface area contributed by atoms with Gasteiger partial charge in [-0.25, -0.2) is 17.6 Å². The summed E-state index contributed by atoms with van der Waals surface area (Å²) in [5, 5.41) is 15.9. The topological polar surface area (TPSA) is 79.8 Å². The number of halogens is 5. The minimum absolute atomic E-state index is 0.0623. The summed E-state index contributed by atoms with van der Waals surface area (Å²) in [5.74, 6) is -6.88. The zero-order valence-corrected chi connectivity index (χ0v) is 18.7. The summed E-state index contributed by atoms with van der Waals surface area (Å²) >= 11 is 6.16. The number of hydrogen-bond donors (Lipinski definition) is 3. The largest absolute Gasteiger partial charge is 0.494 e. The molecule has 0 fully saturated rings. The number of benzene rings is 1. The smallest absolute Gasteiger partial charge is 0.278 e.